The van der Waals surface area contributed by atoms with Crippen LogP contribution in [-0.4, -0.2) is 23.8 Å². The number of nitrogens with one attached hydrogen (secondary N) is 1. The summed E-state index contributed by atoms with van der Waals surface area (Å²) in [7, 11) is 1.53. The number of aromatic nitrogens is 1. The Bertz CT molecular complexity index is 1230. The van der Waals surface area contributed by atoms with Gasteiger partial charge in [-0.05, 0) is 29.8 Å². The number of hydrogen-bond donors (Lipinski definition) is 1. The molecule has 0 saturated carbocycles. The van der Waals surface area contributed by atoms with E-state index in [-0.39, 0.29) is 5.91 Å². The first-order valence-electron chi connectivity index (χ1n) is 9.45. The van der Waals surface area contributed by atoms with Crippen molar-refractivity contribution < 1.29 is 9.53 Å². The van der Waals surface area contributed by atoms with E-state index in [0.29, 0.717) is 17.9 Å². The van der Waals surface area contributed by atoms with Crippen molar-refractivity contribution in [1.29, 1.82) is 0 Å². The SMILES string of the molecule is COc1ccccc1C(=O)N/N=C/c1cn(Cc2ccccc2Cl)c2ccccc12. The minimum Gasteiger partial charge on any atom is -0.496 e. The molecule has 3 aromatic carbocycles. The molecule has 0 bridgehead atoms. The van der Waals surface area contributed by atoms with Crippen molar-refractivity contribution in [2.45, 2.75) is 6.54 Å². The lowest BCUT2D eigenvalue weighted by atomic mass is 10.2. The van der Waals surface area contributed by atoms with Crippen molar-refractivity contribution in [2.75, 3.05) is 7.11 Å². The molecule has 6 heteroatoms. The monoisotopic (exact) mass is 417 g/mol. The molecule has 0 saturated heterocycles. The van der Waals surface area contributed by atoms with Gasteiger partial charge in [0.15, 0.2) is 0 Å². The highest BCUT2D eigenvalue weighted by atomic mass is 35.5. The van der Waals surface area contributed by atoms with Gasteiger partial charge in [-0.1, -0.05) is 60.1 Å². The van der Waals surface area contributed by atoms with Crippen LogP contribution in [0.3, 0.4) is 0 Å². The molecule has 0 fully saturated rings. The molecule has 0 unspecified atom stereocenters. The fourth-order valence-electron chi connectivity index (χ4n) is 3.37. The molecule has 0 spiro atoms. The number of rotatable bonds is 6. The topological polar surface area (TPSA) is 55.6 Å². The highest BCUT2D eigenvalue weighted by Crippen LogP contribution is 2.23. The van der Waals surface area contributed by atoms with Crippen molar-refractivity contribution in [2.24, 2.45) is 5.10 Å². The molecule has 4 rings (SSSR count). The van der Waals surface area contributed by atoms with Crippen LogP contribution in [0.25, 0.3) is 10.9 Å². The molecule has 30 heavy (non-hydrogen) atoms. The normalized spacial score (nSPS) is 11.1. The number of hydrazone groups is 1. The second-order valence-corrected chi connectivity index (χ2v) is 7.13. The predicted octanol–water partition coefficient (Wildman–Crippen LogP) is 5.12. The lowest BCUT2D eigenvalue weighted by Gasteiger charge is -2.07. The first kappa shape index (κ1) is 19.7. The quantitative estimate of drug-likeness (QED) is 0.350. The Balaban J connectivity index is 1.59. The van der Waals surface area contributed by atoms with Gasteiger partial charge in [-0.2, -0.15) is 5.10 Å². The van der Waals surface area contributed by atoms with Gasteiger partial charge in [0.05, 0.1) is 18.9 Å². The number of hydrogen-bond acceptors (Lipinski definition) is 3. The van der Waals surface area contributed by atoms with Gasteiger partial charge < -0.3 is 9.30 Å². The molecule has 0 atom stereocenters. The predicted molar refractivity (Wildman–Crippen MR) is 121 cm³/mol. The third-order valence-corrected chi connectivity index (χ3v) is 5.21. The Kier molecular flexibility index (Phi) is 5.82. The fraction of sp³-hybridized carbons (Fsp3) is 0.0833. The molecule has 0 aliphatic heterocycles. The summed E-state index contributed by atoms with van der Waals surface area (Å²) in [5.74, 6) is 0.171. The molecule has 4 aromatic rings. The van der Waals surface area contributed by atoms with Gasteiger partial charge in [0.2, 0.25) is 0 Å². The third-order valence-electron chi connectivity index (χ3n) is 4.84. The van der Waals surface area contributed by atoms with Crippen LogP contribution >= 0.6 is 11.6 Å². The van der Waals surface area contributed by atoms with Crippen molar-refractivity contribution in [3.05, 3.63) is 101 Å². The molecule has 1 amide bonds. The molecule has 0 aliphatic carbocycles. The van der Waals surface area contributed by atoms with Crippen molar-refractivity contribution in [1.82, 2.24) is 9.99 Å². The zero-order chi connectivity index (χ0) is 20.9. The van der Waals surface area contributed by atoms with Crippen LogP contribution in [0.15, 0.2) is 84.1 Å². The molecule has 1 N–H and O–H groups in total. The summed E-state index contributed by atoms with van der Waals surface area (Å²) in [4.78, 5) is 12.4. The molecule has 5 nitrogen and oxygen atoms in total. The standard InChI is InChI=1S/C24H20ClN3O2/c1-30-23-13-7-4-10-20(23)24(29)27-26-14-18-16-28(22-12-6-3-9-19(18)22)15-17-8-2-5-11-21(17)25/h2-14,16H,15H2,1H3,(H,27,29)/b26-14+. The van der Waals surface area contributed by atoms with Crippen molar-refractivity contribution in [3.63, 3.8) is 0 Å². The van der Waals surface area contributed by atoms with E-state index < -0.39 is 0 Å². The summed E-state index contributed by atoms with van der Waals surface area (Å²) in [6, 6.07) is 22.9. The molecular weight excluding hydrogens is 398 g/mol. The largest absolute Gasteiger partial charge is 0.496 e. The number of halogens is 1. The number of nitrogens with zero attached hydrogens (tertiary/aromatic N) is 2. The number of carbonyl (C=O) groups excluding carboxylic acids is 1. The molecular formula is C24H20ClN3O2. The smallest absolute Gasteiger partial charge is 0.275 e. The maximum atomic E-state index is 12.4. The number of benzene rings is 3. The average molecular weight is 418 g/mol. The molecule has 150 valence electrons. The highest BCUT2D eigenvalue weighted by molar-refractivity contribution is 6.31. The number of methoxy groups -OCH3 is 1. The molecule has 0 aliphatic rings. The van der Waals surface area contributed by atoms with Crippen LogP contribution in [0.5, 0.6) is 5.75 Å². The lowest BCUT2D eigenvalue weighted by molar-refractivity contribution is 0.0952. The molecule has 1 aromatic heterocycles. The summed E-state index contributed by atoms with van der Waals surface area (Å²) in [6.07, 6.45) is 3.66. The van der Waals surface area contributed by atoms with Crippen LogP contribution in [0.1, 0.15) is 21.5 Å². The summed E-state index contributed by atoms with van der Waals surface area (Å²) in [5.41, 5.74) is 6.00. The van der Waals surface area contributed by atoms with Gasteiger partial charge in [0.25, 0.3) is 5.91 Å². The van der Waals surface area contributed by atoms with Gasteiger partial charge in [-0.3, -0.25) is 4.79 Å². The van der Waals surface area contributed by atoms with E-state index in [9.17, 15) is 4.79 Å². The Morgan fingerprint density at radius 3 is 2.63 bits per heavy atom. The van der Waals surface area contributed by atoms with Gasteiger partial charge in [0.1, 0.15) is 5.75 Å². The van der Waals surface area contributed by atoms with Crippen LogP contribution < -0.4 is 10.2 Å². The second kappa shape index (κ2) is 8.84. The van der Waals surface area contributed by atoms with Crippen molar-refractivity contribution >= 4 is 34.6 Å². The second-order valence-electron chi connectivity index (χ2n) is 6.72. The van der Waals surface area contributed by atoms with Crippen molar-refractivity contribution in [3.8, 4) is 5.75 Å². The average Bonchev–Trinajstić information content (AvgIpc) is 3.13. The molecule has 0 radical (unpaired) electrons. The Morgan fingerprint density at radius 2 is 1.80 bits per heavy atom. The van der Waals surface area contributed by atoms with E-state index in [2.05, 4.69) is 21.2 Å². The lowest BCUT2D eigenvalue weighted by Crippen LogP contribution is -2.18. The summed E-state index contributed by atoms with van der Waals surface area (Å²) < 4.78 is 7.36. The van der Waals surface area contributed by atoms with E-state index in [4.69, 9.17) is 16.3 Å². The van der Waals surface area contributed by atoms with Crippen LogP contribution in [0, 0.1) is 0 Å². The van der Waals surface area contributed by atoms with Crippen LogP contribution in [-0.2, 0) is 6.54 Å². The van der Waals surface area contributed by atoms with Crippen LogP contribution in [0.4, 0.5) is 0 Å². The maximum Gasteiger partial charge on any atom is 0.275 e. The summed E-state index contributed by atoms with van der Waals surface area (Å²) in [5, 5.41) is 5.93. The highest BCUT2D eigenvalue weighted by Gasteiger charge is 2.11. The number of para-hydroxylation sites is 2. The zero-order valence-corrected chi connectivity index (χ0v) is 17.1. The molecule has 1 heterocycles. The van der Waals surface area contributed by atoms with Crippen LogP contribution in [0.2, 0.25) is 5.02 Å². The number of ether oxygens (including phenoxy) is 1. The van der Waals surface area contributed by atoms with E-state index >= 15 is 0 Å². The number of carbonyl (C=O) groups is 1. The first-order valence-corrected chi connectivity index (χ1v) is 9.83. The van der Waals surface area contributed by atoms with Gasteiger partial charge in [-0.15, -0.1) is 0 Å². The third kappa shape index (κ3) is 4.07. The van der Waals surface area contributed by atoms with E-state index in [1.54, 1.807) is 24.4 Å². The first-order chi connectivity index (χ1) is 14.7. The van der Waals surface area contributed by atoms with E-state index in [0.717, 1.165) is 27.1 Å². The van der Waals surface area contributed by atoms with E-state index in [1.807, 2.05) is 54.7 Å². The number of fused-ring (bicyclic) bond motifs is 1. The van der Waals surface area contributed by atoms with Gasteiger partial charge in [0, 0.05) is 34.2 Å². The minimum atomic E-state index is -0.330. The minimum absolute atomic E-state index is 0.330. The number of amides is 1. The van der Waals surface area contributed by atoms with Gasteiger partial charge >= 0.3 is 0 Å². The Labute approximate surface area is 179 Å². The summed E-state index contributed by atoms with van der Waals surface area (Å²) in [6.45, 7) is 0.640. The Hall–Kier alpha value is -3.57. The summed E-state index contributed by atoms with van der Waals surface area (Å²) >= 11 is 6.34. The van der Waals surface area contributed by atoms with E-state index in [1.165, 1.54) is 7.11 Å². The Morgan fingerprint density at radius 1 is 1.07 bits per heavy atom. The maximum absolute atomic E-state index is 12.4. The zero-order valence-electron chi connectivity index (χ0n) is 16.4. The van der Waals surface area contributed by atoms with Gasteiger partial charge in [-0.25, -0.2) is 5.43 Å². The fourth-order valence-corrected chi connectivity index (χ4v) is 3.57.